The Morgan fingerprint density at radius 2 is 1.76 bits per heavy atom. The second-order valence-corrected chi connectivity index (χ2v) is 11.4. The summed E-state index contributed by atoms with van der Waals surface area (Å²) in [6, 6.07) is 3.81. The van der Waals surface area contributed by atoms with Gasteiger partial charge >= 0.3 is 0 Å². The van der Waals surface area contributed by atoms with Gasteiger partial charge in [0.15, 0.2) is 12.1 Å². The van der Waals surface area contributed by atoms with Crippen LogP contribution in [0, 0.1) is 0 Å². The first kappa shape index (κ1) is 30.8. The highest BCUT2D eigenvalue weighted by atomic mass is 79.9. The SMILES string of the molecule is COc1cccc2c1C(=O)c1c(O)c3c(c(O)c1C2=O)C[C@@](O)(C(CBr)(OC)OC)C[C@@H]3O[C@H]1CC(N)[C@@H](O)[C@H](C)O1. The summed E-state index contributed by atoms with van der Waals surface area (Å²) >= 11 is 3.34. The topological polar surface area (TPSA) is 187 Å². The Bertz CT molecular complexity index is 1410. The van der Waals surface area contributed by atoms with Crippen molar-refractivity contribution in [2.24, 2.45) is 5.73 Å². The fourth-order valence-electron chi connectivity index (χ4n) is 6.38. The number of ether oxygens (including phenoxy) is 5. The van der Waals surface area contributed by atoms with Crippen LogP contribution in [-0.4, -0.2) is 94.6 Å². The molecule has 6 N–H and O–H groups in total. The molecule has 12 nitrogen and oxygen atoms in total. The first-order valence-corrected chi connectivity index (χ1v) is 14.5. The fraction of sp³-hybridized carbons (Fsp3) is 0.517. The van der Waals surface area contributed by atoms with Crippen molar-refractivity contribution in [3.05, 3.63) is 51.6 Å². The molecular formula is C29H34BrNO11. The van der Waals surface area contributed by atoms with E-state index in [0.717, 1.165) is 0 Å². The monoisotopic (exact) mass is 651 g/mol. The number of carbonyl (C=O) groups is 2. The molecule has 13 heteroatoms. The van der Waals surface area contributed by atoms with Gasteiger partial charge < -0.3 is 49.8 Å². The number of ketones is 2. The first-order valence-electron chi connectivity index (χ1n) is 13.4. The van der Waals surface area contributed by atoms with Crippen molar-refractivity contribution in [3.63, 3.8) is 0 Å². The zero-order valence-corrected chi connectivity index (χ0v) is 25.1. The summed E-state index contributed by atoms with van der Waals surface area (Å²) in [6.45, 7) is 1.63. The summed E-state index contributed by atoms with van der Waals surface area (Å²) in [4.78, 5) is 27.5. The van der Waals surface area contributed by atoms with E-state index in [2.05, 4.69) is 15.9 Å². The van der Waals surface area contributed by atoms with Crippen molar-refractivity contribution in [1.29, 1.82) is 0 Å². The molecule has 6 atom stereocenters. The lowest BCUT2D eigenvalue weighted by Gasteiger charge is -2.49. The van der Waals surface area contributed by atoms with E-state index in [-0.39, 0.29) is 52.6 Å². The number of methoxy groups -OCH3 is 3. The lowest BCUT2D eigenvalue weighted by atomic mass is 9.70. The minimum atomic E-state index is -1.89. The quantitative estimate of drug-likeness (QED) is 0.142. The van der Waals surface area contributed by atoms with Crippen molar-refractivity contribution in [1.82, 2.24) is 0 Å². The smallest absolute Gasteiger partial charge is 0.207 e. The molecule has 1 heterocycles. The number of alkyl halides is 1. The Kier molecular flexibility index (Phi) is 8.18. The molecule has 42 heavy (non-hydrogen) atoms. The van der Waals surface area contributed by atoms with Gasteiger partial charge in [0.2, 0.25) is 11.6 Å². The number of hydrogen-bond acceptors (Lipinski definition) is 12. The van der Waals surface area contributed by atoms with E-state index in [1.165, 1.54) is 33.5 Å². The Morgan fingerprint density at radius 1 is 1.10 bits per heavy atom. The molecule has 2 aromatic carbocycles. The summed E-state index contributed by atoms with van der Waals surface area (Å²) < 4.78 is 28.7. The number of halogens is 1. The highest BCUT2D eigenvalue weighted by molar-refractivity contribution is 9.09. The Labute approximate surface area is 250 Å². The maximum atomic E-state index is 13.8. The van der Waals surface area contributed by atoms with Gasteiger partial charge in [-0.2, -0.15) is 0 Å². The minimum Gasteiger partial charge on any atom is -0.507 e. The van der Waals surface area contributed by atoms with E-state index in [1.54, 1.807) is 13.0 Å². The van der Waals surface area contributed by atoms with Crippen LogP contribution in [0.4, 0.5) is 0 Å². The number of phenols is 2. The predicted octanol–water partition coefficient (Wildman–Crippen LogP) is 1.82. The van der Waals surface area contributed by atoms with Gasteiger partial charge in [-0.1, -0.05) is 28.1 Å². The third-order valence-electron chi connectivity index (χ3n) is 8.69. The molecule has 3 aliphatic rings. The number of nitrogens with two attached hydrogens (primary N) is 1. The maximum Gasteiger partial charge on any atom is 0.207 e. The molecule has 1 unspecified atom stereocenters. The number of phenolic OH excluding ortho intramolecular Hbond substituents is 2. The fourth-order valence-corrected chi connectivity index (χ4v) is 7.36. The highest BCUT2D eigenvalue weighted by Gasteiger charge is 2.57. The van der Waals surface area contributed by atoms with Crippen molar-refractivity contribution in [2.75, 3.05) is 26.7 Å². The molecule has 1 aliphatic heterocycles. The van der Waals surface area contributed by atoms with E-state index in [1.807, 2.05) is 0 Å². The van der Waals surface area contributed by atoms with Gasteiger partial charge in [0.25, 0.3) is 0 Å². The number of aromatic hydroxyl groups is 2. The summed E-state index contributed by atoms with van der Waals surface area (Å²) in [5, 5.41) is 45.7. The number of rotatable bonds is 7. The van der Waals surface area contributed by atoms with Crippen LogP contribution in [0.1, 0.15) is 68.8 Å². The Hall–Kier alpha value is -2.62. The van der Waals surface area contributed by atoms with Crippen LogP contribution >= 0.6 is 15.9 Å². The van der Waals surface area contributed by atoms with E-state index in [9.17, 15) is 30.0 Å². The van der Waals surface area contributed by atoms with Gasteiger partial charge in [-0.05, 0) is 13.0 Å². The van der Waals surface area contributed by atoms with Gasteiger partial charge in [0, 0.05) is 56.2 Å². The molecule has 5 rings (SSSR count). The standard InChI is InChI=1S/C29H34BrNO11/c1-12-23(32)15(31)8-18(41-12)42-17-10-28(37,29(11-30,39-3)40-4)9-14-20(17)27(36)22-21(25(14)34)24(33)13-6-5-7-16(38-2)19(13)26(22)35/h5-7,12,15,17-18,23,32,34,36-37H,8-11,31H2,1-4H3/t12-,15?,17-,18-,23-,28-/m0/s1. The summed E-state index contributed by atoms with van der Waals surface area (Å²) in [5.41, 5.74) is 3.36. The van der Waals surface area contributed by atoms with Crippen molar-refractivity contribution < 1.29 is 53.7 Å². The molecule has 0 bridgehead atoms. The molecule has 1 saturated heterocycles. The molecule has 0 amide bonds. The lowest BCUT2D eigenvalue weighted by Crippen LogP contribution is -2.61. The van der Waals surface area contributed by atoms with Crippen LogP contribution in [0.3, 0.4) is 0 Å². The number of aliphatic hydroxyl groups excluding tert-OH is 1. The second-order valence-electron chi connectivity index (χ2n) is 10.9. The van der Waals surface area contributed by atoms with Crippen molar-refractivity contribution in [3.8, 4) is 17.2 Å². The van der Waals surface area contributed by atoms with Gasteiger partial charge in [-0.3, -0.25) is 9.59 Å². The zero-order chi connectivity index (χ0) is 30.7. The Balaban J connectivity index is 1.72. The third kappa shape index (κ3) is 4.46. The van der Waals surface area contributed by atoms with E-state index in [4.69, 9.17) is 29.4 Å². The van der Waals surface area contributed by atoms with Crippen LogP contribution in [0.5, 0.6) is 17.2 Å². The molecule has 1 fully saturated rings. The van der Waals surface area contributed by atoms with E-state index < -0.39 is 76.2 Å². The van der Waals surface area contributed by atoms with Gasteiger partial charge in [-0.15, -0.1) is 0 Å². The number of carbonyl (C=O) groups excluding carboxylic acids is 2. The maximum absolute atomic E-state index is 13.8. The van der Waals surface area contributed by atoms with E-state index in [0.29, 0.717) is 0 Å². The molecule has 2 aliphatic carbocycles. The lowest BCUT2D eigenvalue weighted by molar-refractivity contribution is -0.306. The van der Waals surface area contributed by atoms with Crippen LogP contribution in [0.2, 0.25) is 0 Å². The highest BCUT2D eigenvalue weighted by Crippen LogP contribution is 2.54. The minimum absolute atomic E-state index is 0.00102. The van der Waals surface area contributed by atoms with Crippen molar-refractivity contribution in [2.45, 2.75) is 68.2 Å². The van der Waals surface area contributed by atoms with Crippen molar-refractivity contribution >= 4 is 27.5 Å². The molecular weight excluding hydrogens is 618 g/mol. The molecule has 2 aromatic rings. The summed E-state index contributed by atoms with van der Waals surface area (Å²) in [5.74, 6) is -4.10. The van der Waals surface area contributed by atoms with Gasteiger partial charge in [-0.25, -0.2) is 0 Å². The summed E-state index contributed by atoms with van der Waals surface area (Å²) in [6.07, 6.45) is -4.33. The first-order chi connectivity index (χ1) is 19.9. The largest absolute Gasteiger partial charge is 0.507 e. The van der Waals surface area contributed by atoms with Crippen LogP contribution in [0.15, 0.2) is 18.2 Å². The molecule has 228 valence electrons. The average Bonchev–Trinajstić information content (AvgIpc) is 2.96. The normalized spacial score (nSPS) is 29.1. The average molecular weight is 652 g/mol. The molecule has 0 aromatic heterocycles. The van der Waals surface area contributed by atoms with E-state index >= 15 is 0 Å². The predicted molar refractivity (Wildman–Crippen MR) is 150 cm³/mol. The van der Waals surface area contributed by atoms with Gasteiger partial charge in [0.05, 0.1) is 47.4 Å². The third-order valence-corrected chi connectivity index (χ3v) is 9.43. The van der Waals surface area contributed by atoms with Crippen LogP contribution < -0.4 is 10.5 Å². The number of hydrogen-bond donors (Lipinski definition) is 5. The van der Waals surface area contributed by atoms with Crippen LogP contribution in [-0.2, 0) is 25.4 Å². The molecule has 0 spiro atoms. The number of aliphatic hydroxyl groups is 2. The van der Waals surface area contributed by atoms with Gasteiger partial charge in [0.1, 0.15) is 22.8 Å². The number of fused-ring (bicyclic) bond motifs is 3. The summed E-state index contributed by atoms with van der Waals surface area (Å²) in [7, 11) is 4.04. The van der Waals surface area contributed by atoms with Crippen LogP contribution in [0.25, 0.3) is 0 Å². The second kappa shape index (κ2) is 11.1. The molecule has 0 saturated carbocycles. The Morgan fingerprint density at radius 3 is 2.36 bits per heavy atom. The zero-order valence-electron chi connectivity index (χ0n) is 23.5. The number of benzene rings is 2. The molecule has 0 radical (unpaired) electrons.